The Bertz CT molecular complexity index is 803. The van der Waals surface area contributed by atoms with Crippen LogP contribution >= 0.6 is 0 Å². The molecule has 9 heteroatoms. The van der Waals surface area contributed by atoms with Crippen molar-refractivity contribution in [2.75, 3.05) is 17.3 Å². The van der Waals surface area contributed by atoms with Gasteiger partial charge in [-0.15, -0.1) is 0 Å². The summed E-state index contributed by atoms with van der Waals surface area (Å²) >= 11 is 0. The van der Waals surface area contributed by atoms with E-state index >= 15 is 0 Å². The number of benzene rings is 1. The monoisotopic (exact) mass is 322 g/mol. The second-order valence-electron chi connectivity index (χ2n) is 4.65. The van der Waals surface area contributed by atoms with Crippen molar-refractivity contribution < 1.29 is 13.3 Å². The SMILES string of the molecule is CS(=O)(=O)c1cc([N+](=O)[O-])ccc1NCc1ccc(N)nc1. The first-order chi connectivity index (χ1) is 10.3. The van der Waals surface area contributed by atoms with Gasteiger partial charge in [-0.05, 0) is 17.7 Å². The number of nitro benzene ring substituents is 1. The Hall–Kier alpha value is -2.68. The third-order valence-electron chi connectivity index (χ3n) is 2.91. The maximum Gasteiger partial charge on any atom is 0.270 e. The summed E-state index contributed by atoms with van der Waals surface area (Å²) in [6, 6.07) is 7.04. The predicted molar refractivity (Wildman–Crippen MR) is 82.2 cm³/mol. The van der Waals surface area contributed by atoms with Gasteiger partial charge in [0.2, 0.25) is 0 Å². The normalized spacial score (nSPS) is 11.1. The number of nitrogens with zero attached hydrogens (tertiary/aromatic N) is 2. The van der Waals surface area contributed by atoms with E-state index in [-0.39, 0.29) is 10.6 Å². The Balaban J connectivity index is 2.30. The summed E-state index contributed by atoms with van der Waals surface area (Å²) in [6.07, 6.45) is 2.57. The smallest absolute Gasteiger partial charge is 0.270 e. The highest BCUT2D eigenvalue weighted by molar-refractivity contribution is 7.90. The first kappa shape index (κ1) is 15.7. The van der Waals surface area contributed by atoms with Crippen molar-refractivity contribution in [1.29, 1.82) is 0 Å². The largest absolute Gasteiger partial charge is 0.384 e. The molecule has 0 amide bonds. The van der Waals surface area contributed by atoms with E-state index in [2.05, 4.69) is 10.3 Å². The van der Waals surface area contributed by atoms with E-state index in [1.807, 2.05) is 0 Å². The molecule has 1 heterocycles. The van der Waals surface area contributed by atoms with Crippen LogP contribution in [0.2, 0.25) is 0 Å². The number of nitrogen functional groups attached to an aromatic ring is 1. The quantitative estimate of drug-likeness (QED) is 0.631. The zero-order valence-electron chi connectivity index (χ0n) is 11.7. The molecule has 1 aromatic heterocycles. The number of hydrogen-bond donors (Lipinski definition) is 2. The van der Waals surface area contributed by atoms with Crippen LogP contribution in [-0.2, 0) is 16.4 Å². The van der Waals surface area contributed by atoms with Crippen LogP contribution in [0.4, 0.5) is 17.2 Å². The lowest BCUT2D eigenvalue weighted by atomic mass is 10.2. The molecule has 0 saturated heterocycles. The second-order valence-corrected chi connectivity index (χ2v) is 6.64. The number of non-ortho nitro benzene ring substituents is 1. The molecule has 0 aliphatic heterocycles. The van der Waals surface area contributed by atoms with E-state index in [0.29, 0.717) is 18.1 Å². The van der Waals surface area contributed by atoms with Gasteiger partial charge in [0.25, 0.3) is 5.69 Å². The number of anilines is 2. The Morgan fingerprint density at radius 3 is 2.59 bits per heavy atom. The fourth-order valence-corrected chi connectivity index (χ4v) is 2.69. The first-order valence-corrected chi connectivity index (χ1v) is 8.09. The minimum Gasteiger partial charge on any atom is -0.384 e. The molecule has 0 fully saturated rings. The van der Waals surface area contributed by atoms with E-state index in [1.165, 1.54) is 12.1 Å². The molecule has 0 aliphatic rings. The average Bonchev–Trinajstić information content (AvgIpc) is 2.45. The maximum absolute atomic E-state index is 11.8. The van der Waals surface area contributed by atoms with E-state index in [9.17, 15) is 18.5 Å². The Labute approximate surface area is 127 Å². The topological polar surface area (TPSA) is 128 Å². The molecular formula is C13H14N4O4S. The van der Waals surface area contributed by atoms with Crippen molar-refractivity contribution in [3.05, 3.63) is 52.2 Å². The molecule has 1 aromatic carbocycles. The molecule has 0 aliphatic carbocycles. The van der Waals surface area contributed by atoms with E-state index < -0.39 is 14.8 Å². The number of pyridine rings is 1. The summed E-state index contributed by atoms with van der Waals surface area (Å²) in [5.74, 6) is 0.385. The predicted octanol–water partition coefficient (Wildman–Crippen LogP) is 1.59. The molecule has 22 heavy (non-hydrogen) atoms. The lowest BCUT2D eigenvalue weighted by Crippen LogP contribution is -2.07. The van der Waals surface area contributed by atoms with Gasteiger partial charge in [0.1, 0.15) is 5.82 Å². The van der Waals surface area contributed by atoms with Crippen molar-refractivity contribution in [2.45, 2.75) is 11.4 Å². The molecule has 0 spiro atoms. The van der Waals surface area contributed by atoms with Crippen molar-refractivity contribution in [3.8, 4) is 0 Å². The van der Waals surface area contributed by atoms with E-state index in [4.69, 9.17) is 5.73 Å². The van der Waals surface area contributed by atoms with Gasteiger partial charge in [-0.3, -0.25) is 10.1 Å². The summed E-state index contributed by atoms with van der Waals surface area (Å²) < 4.78 is 23.6. The van der Waals surface area contributed by atoms with Crippen LogP contribution in [0.3, 0.4) is 0 Å². The molecule has 8 nitrogen and oxygen atoms in total. The molecule has 0 bridgehead atoms. The van der Waals surface area contributed by atoms with Gasteiger partial charge in [0.15, 0.2) is 9.84 Å². The molecule has 0 atom stereocenters. The number of nitrogens with two attached hydrogens (primary N) is 1. The van der Waals surface area contributed by atoms with Crippen molar-refractivity contribution in [1.82, 2.24) is 4.98 Å². The highest BCUT2D eigenvalue weighted by Crippen LogP contribution is 2.26. The molecule has 116 valence electrons. The van der Waals surface area contributed by atoms with Gasteiger partial charge in [-0.1, -0.05) is 6.07 Å². The molecule has 2 rings (SSSR count). The number of nitrogens with one attached hydrogen (secondary N) is 1. The highest BCUT2D eigenvalue weighted by atomic mass is 32.2. The lowest BCUT2D eigenvalue weighted by Gasteiger charge is -2.11. The third kappa shape index (κ3) is 3.70. The van der Waals surface area contributed by atoms with E-state index in [0.717, 1.165) is 17.9 Å². The van der Waals surface area contributed by atoms with Crippen LogP contribution < -0.4 is 11.1 Å². The maximum atomic E-state index is 11.8. The molecule has 0 radical (unpaired) electrons. The summed E-state index contributed by atoms with van der Waals surface area (Å²) in [5, 5.41) is 13.7. The Morgan fingerprint density at radius 1 is 1.32 bits per heavy atom. The van der Waals surface area contributed by atoms with Gasteiger partial charge in [0, 0.05) is 31.1 Å². The van der Waals surface area contributed by atoms with Crippen LogP contribution in [0.15, 0.2) is 41.4 Å². The molecule has 2 aromatic rings. The van der Waals surface area contributed by atoms with Crippen LogP contribution in [0, 0.1) is 10.1 Å². The summed E-state index contributed by atoms with van der Waals surface area (Å²) in [5.41, 5.74) is 6.30. The van der Waals surface area contributed by atoms with Gasteiger partial charge in [-0.2, -0.15) is 0 Å². The Morgan fingerprint density at radius 2 is 2.05 bits per heavy atom. The average molecular weight is 322 g/mol. The molecule has 0 unspecified atom stereocenters. The van der Waals surface area contributed by atoms with Gasteiger partial charge < -0.3 is 11.1 Å². The van der Waals surface area contributed by atoms with Crippen molar-refractivity contribution in [3.63, 3.8) is 0 Å². The Kier molecular flexibility index (Phi) is 4.27. The van der Waals surface area contributed by atoms with E-state index in [1.54, 1.807) is 18.3 Å². The number of rotatable bonds is 5. The zero-order chi connectivity index (χ0) is 16.3. The van der Waals surface area contributed by atoms with Crippen LogP contribution in [-0.4, -0.2) is 24.6 Å². The fraction of sp³-hybridized carbons (Fsp3) is 0.154. The molecular weight excluding hydrogens is 308 g/mol. The van der Waals surface area contributed by atoms with Gasteiger partial charge >= 0.3 is 0 Å². The number of hydrogen-bond acceptors (Lipinski definition) is 7. The van der Waals surface area contributed by atoms with Crippen molar-refractivity contribution >= 4 is 27.0 Å². The second kappa shape index (κ2) is 5.98. The van der Waals surface area contributed by atoms with Crippen LogP contribution in [0.25, 0.3) is 0 Å². The summed E-state index contributed by atoms with van der Waals surface area (Å²) in [4.78, 5) is 13.9. The lowest BCUT2D eigenvalue weighted by molar-refractivity contribution is -0.385. The molecule has 3 N–H and O–H groups in total. The minimum atomic E-state index is -3.60. The number of nitro groups is 1. The molecule has 0 saturated carbocycles. The number of sulfone groups is 1. The summed E-state index contributed by atoms with van der Waals surface area (Å²) in [7, 11) is -3.60. The van der Waals surface area contributed by atoms with Crippen LogP contribution in [0.1, 0.15) is 5.56 Å². The highest BCUT2D eigenvalue weighted by Gasteiger charge is 2.18. The first-order valence-electron chi connectivity index (χ1n) is 6.20. The standard InChI is InChI=1S/C13H14N4O4S/c1-22(20,21)12-6-10(17(18)19)3-4-11(12)15-7-9-2-5-13(14)16-8-9/h2-6,8,15H,7H2,1H3,(H2,14,16). The summed E-state index contributed by atoms with van der Waals surface area (Å²) in [6.45, 7) is 0.313. The third-order valence-corrected chi connectivity index (χ3v) is 4.04. The van der Waals surface area contributed by atoms with Crippen molar-refractivity contribution in [2.24, 2.45) is 0 Å². The van der Waals surface area contributed by atoms with Gasteiger partial charge in [-0.25, -0.2) is 13.4 Å². The fourth-order valence-electron chi connectivity index (χ4n) is 1.82. The zero-order valence-corrected chi connectivity index (χ0v) is 12.5. The minimum absolute atomic E-state index is 0.120. The van der Waals surface area contributed by atoms with Crippen LogP contribution in [0.5, 0.6) is 0 Å². The number of aromatic nitrogens is 1. The van der Waals surface area contributed by atoms with Gasteiger partial charge in [0.05, 0.1) is 15.5 Å².